The second-order valence-corrected chi connectivity index (χ2v) is 5.57. The van der Waals surface area contributed by atoms with Crippen molar-refractivity contribution in [1.82, 2.24) is 5.43 Å². The fourth-order valence-electron chi connectivity index (χ4n) is 2.09. The monoisotopic (exact) mass is 315 g/mol. The largest absolute Gasteiger partial charge is 0.506 e. The summed E-state index contributed by atoms with van der Waals surface area (Å²) in [5.41, 5.74) is 4.71. The summed E-state index contributed by atoms with van der Waals surface area (Å²) in [4.78, 5) is 23.0. The maximum absolute atomic E-state index is 12.0. The Morgan fingerprint density at radius 1 is 1.32 bits per heavy atom. The van der Waals surface area contributed by atoms with Gasteiger partial charge in [0.15, 0.2) is 0 Å². The van der Waals surface area contributed by atoms with E-state index in [1.54, 1.807) is 23.6 Å². The van der Waals surface area contributed by atoms with Crippen LogP contribution in [0.25, 0.3) is 0 Å². The van der Waals surface area contributed by atoms with Gasteiger partial charge in [0.1, 0.15) is 5.75 Å². The zero-order valence-corrected chi connectivity index (χ0v) is 12.3. The first-order valence-corrected chi connectivity index (χ1v) is 7.60. The number of aromatic hydroxyl groups is 1. The van der Waals surface area contributed by atoms with E-state index in [4.69, 9.17) is 0 Å². The number of thiophene rings is 1. The lowest BCUT2D eigenvalue weighted by Crippen LogP contribution is -2.25. The first-order valence-electron chi connectivity index (χ1n) is 6.66. The van der Waals surface area contributed by atoms with Crippen LogP contribution in [-0.4, -0.2) is 22.6 Å². The number of hydrazone groups is 1. The van der Waals surface area contributed by atoms with Gasteiger partial charge in [0.2, 0.25) is 5.91 Å². The lowest BCUT2D eigenvalue weighted by molar-refractivity contribution is -0.121. The topological polar surface area (TPSA) is 90.8 Å². The van der Waals surface area contributed by atoms with E-state index >= 15 is 0 Å². The molecule has 0 unspecified atom stereocenters. The minimum atomic E-state index is -0.272. The van der Waals surface area contributed by atoms with Gasteiger partial charge in [-0.25, -0.2) is 5.43 Å². The minimum Gasteiger partial charge on any atom is -0.506 e. The summed E-state index contributed by atoms with van der Waals surface area (Å²) in [6, 6.07) is 6.61. The highest BCUT2D eigenvalue weighted by Gasteiger charge is 2.15. The quantitative estimate of drug-likeness (QED) is 0.759. The Morgan fingerprint density at radius 2 is 2.18 bits per heavy atom. The molecule has 0 radical (unpaired) electrons. The third kappa shape index (κ3) is 2.99. The molecule has 1 aromatic heterocycles. The lowest BCUT2D eigenvalue weighted by Gasteiger charge is -2.13. The van der Waals surface area contributed by atoms with Gasteiger partial charge in [-0.05, 0) is 23.6 Å². The highest BCUT2D eigenvalue weighted by molar-refractivity contribution is 7.08. The van der Waals surface area contributed by atoms with Crippen LogP contribution in [0.2, 0.25) is 0 Å². The van der Waals surface area contributed by atoms with Crippen molar-refractivity contribution in [3.05, 3.63) is 46.2 Å². The summed E-state index contributed by atoms with van der Waals surface area (Å²) in [6.07, 6.45) is 0.891. The molecule has 6 nitrogen and oxygen atoms in total. The van der Waals surface area contributed by atoms with Crippen molar-refractivity contribution in [1.29, 1.82) is 0 Å². The van der Waals surface area contributed by atoms with Crippen molar-refractivity contribution in [2.45, 2.75) is 12.8 Å². The molecule has 0 fully saturated rings. The number of anilines is 1. The molecule has 22 heavy (non-hydrogen) atoms. The molecule has 3 N–H and O–H groups in total. The van der Waals surface area contributed by atoms with E-state index in [2.05, 4.69) is 15.8 Å². The first-order chi connectivity index (χ1) is 10.6. The predicted molar refractivity (Wildman–Crippen MR) is 84.3 cm³/mol. The van der Waals surface area contributed by atoms with E-state index < -0.39 is 0 Å². The van der Waals surface area contributed by atoms with Crippen LogP contribution in [0.5, 0.6) is 5.75 Å². The molecule has 7 heteroatoms. The molecule has 112 valence electrons. The standard InChI is InChI=1S/C15H13N3O3S/c19-13-7-9(11-3-4-14(20)18-17-11)1-2-12(13)16-15(21)10-5-6-22-8-10/h1-2,5-8,19H,3-4H2,(H,16,21)(H,18,20). The third-order valence-corrected chi connectivity index (χ3v) is 3.95. The van der Waals surface area contributed by atoms with Crippen LogP contribution in [0.1, 0.15) is 28.8 Å². The van der Waals surface area contributed by atoms with Crippen molar-refractivity contribution in [2.75, 3.05) is 5.32 Å². The number of amides is 2. The summed E-state index contributed by atoms with van der Waals surface area (Å²) >= 11 is 1.43. The number of phenols is 1. The Balaban J connectivity index is 1.78. The molecule has 1 aliphatic heterocycles. The molecule has 1 aliphatic rings. The molecule has 0 aliphatic carbocycles. The van der Waals surface area contributed by atoms with Gasteiger partial charge < -0.3 is 10.4 Å². The van der Waals surface area contributed by atoms with Gasteiger partial charge in [0.25, 0.3) is 5.91 Å². The van der Waals surface area contributed by atoms with Gasteiger partial charge in [-0.3, -0.25) is 9.59 Å². The van der Waals surface area contributed by atoms with Crippen LogP contribution >= 0.6 is 11.3 Å². The van der Waals surface area contributed by atoms with Crippen LogP contribution in [0, 0.1) is 0 Å². The fourth-order valence-corrected chi connectivity index (χ4v) is 2.72. The number of phenolic OH excluding ortho intramolecular Hbond substituents is 1. The molecule has 0 saturated carbocycles. The molecule has 1 aromatic carbocycles. The molecule has 0 saturated heterocycles. The van der Waals surface area contributed by atoms with Crippen molar-refractivity contribution < 1.29 is 14.7 Å². The molecular weight excluding hydrogens is 302 g/mol. The average Bonchev–Trinajstić information content (AvgIpc) is 3.04. The third-order valence-electron chi connectivity index (χ3n) is 3.27. The minimum absolute atomic E-state index is 0.0410. The van der Waals surface area contributed by atoms with Crippen molar-refractivity contribution in [2.24, 2.45) is 5.10 Å². The number of rotatable bonds is 3. The zero-order valence-electron chi connectivity index (χ0n) is 11.5. The van der Waals surface area contributed by atoms with Gasteiger partial charge >= 0.3 is 0 Å². The normalized spacial score (nSPS) is 14.2. The Kier molecular flexibility index (Phi) is 3.88. The van der Waals surface area contributed by atoms with E-state index in [-0.39, 0.29) is 17.6 Å². The maximum Gasteiger partial charge on any atom is 0.256 e. The van der Waals surface area contributed by atoms with E-state index in [1.807, 2.05) is 5.38 Å². The predicted octanol–water partition coefficient (Wildman–Crippen LogP) is 2.32. The van der Waals surface area contributed by atoms with Crippen LogP contribution in [0.3, 0.4) is 0 Å². The summed E-state index contributed by atoms with van der Waals surface area (Å²) < 4.78 is 0. The number of benzene rings is 1. The molecule has 3 rings (SSSR count). The molecule has 2 heterocycles. The number of hydrogen-bond donors (Lipinski definition) is 3. The molecule has 0 spiro atoms. The van der Waals surface area contributed by atoms with Gasteiger partial charge in [0, 0.05) is 23.8 Å². The molecular formula is C15H13N3O3S. The zero-order chi connectivity index (χ0) is 15.5. The number of hydrogen-bond acceptors (Lipinski definition) is 5. The Morgan fingerprint density at radius 3 is 2.82 bits per heavy atom. The van der Waals surface area contributed by atoms with Crippen LogP contribution in [-0.2, 0) is 4.79 Å². The van der Waals surface area contributed by atoms with Crippen molar-refractivity contribution in [3.8, 4) is 5.75 Å². The van der Waals surface area contributed by atoms with Crippen molar-refractivity contribution >= 4 is 34.6 Å². The highest BCUT2D eigenvalue weighted by Crippen LogP contribution is 2.26. The molecule has 0 atom stereocenters. The van der Waals surface area contributed by atoms with E-state index in [9.17, 15) is 14.7 Å². The van der Waals surface area contributed by atoms with Gasteiger partial charge in [-0.1, -0.05) is 6.07 Å². The summed E-state index contributed by atoms with van der Waals surface area (Å²) in [7, 11) is 0. The van der Waals surface area contributed by atoms with Gasteiger partial charge in [-0.2, -0.15) is 16.4 Å². The van der Waals surface area contributed by atoms with Crippen LogP contribution in [0.4, 0.5) is 5.69 Å². The van der Waals surface area contributed by atoms with Crippen LogP contribution < -0.4 is 10.7 Å². The number of nitrogens with zero attached hydrogens (tertiary/aromatic N) is 1. The van der Waals surface area contributed by atoms with Crippen molar-refractivity contribution in [3.63, 3.8) is 0 Å². The molecule has 0 bridgehead atoms. The Labute approximate surface area is 130 Å². The number of nitrogens with one attached hydrogen (secondary N) is 2. The molecule has 2 aromatic rings. The smallest absolute Gasteiger partial charge is 0.256 e. The average molecular weight is 315 g/mol. The van der Waals surface area contributed by atoms with E-state index in [0.717, 1.165) is 0 Å². The van der Waals surface area contributed by atoms with E-state index in [0.29, 0.717) is 35.4 Å². The maximum atomic E-state index is 12.0. The SMILES string of the molecule is O=C1CCC(c2ccc(NC(=O)c3ccsc3)c(O)c2)=NN1. The lowest BCUT2D eigenvalue weighted by atomic mass is 10.0. The number of carbonyl (C=O) groups is 2. The number of carbonyl (C=O) groups excluding carboxylic acids is 2. The molecule has 2 amide bonds. The van der Waals surface area contributed by atoms with Gasteiger partial charge in [0.05, 0.1) is 17.0 Å². The second-order valence-electron chi connectivity index (χ2n) is 4.79. The second kappa shape index (κ2) is 5.98. The Bertz CT molecular complexity index is 753. The fraction of sp³-hybridized carbons (Fsp3) is 0.133. The highest BCUT2D eigenvalue weighted by atomic mass is 32.1. The summed E-state index contributed by atoms with van der Waals surface area (Å²) in [6.45, 7) is 0. The van der Waals surface area contributed by atoms with Gasteiger partial charge in [-0.15, -0.1) is 0 Å². The Hall–Kier alpha value is -2.67. The summed E-state index contributed by atoms with van der Waals surface area (Å²) in [5, 5.41) is 20.2. The van der Waals surface area contributed by atoms with E-state index in [1.165, 1.54) is 17.4 Å². The van der Waals surface area contributed by atoms with Crippen LogP contribution in [0.15, 0.2) is 40.1 Å². The first kappa shape index (κ1) is 14.3. The summed E-state index contributed by atoms with van der Waals surface area (Å²) in [5.74, 6) is -0.431.